The van der Waals surface area contributed by atoms with Crippen LogP contribution in [-0.2, 0) is 39.2 Å². The molecule has 1 aromatic carbocycles. The quantitative estimate of drug-likeness (QED) is 0.590. The molecule has 2 N–H and O–H groups in total. The lowest BCUT2D eigenvalue weighted by Gasteiger charge is -2.24. The average Bonchev–Trinajstić information content (AvgIpc) is 3.46. The molecule has 0 saturated heterocycles. The van der Waals surface area contributed by atoms with Gasteiger partial charge in [-0.05, 0) is 67.7 Å². The third kappa shape index (κ3) is 4.79. The fourth-order valence-corrected chi connectivity index (χ4v) is 5.83. The van der Waals surface area contributed by atoms with E-state index in [1.807, 2.05) is 6.92 Å². The van der Waals surface area contributed by atoms with E-state index in [-0.39, 0.29) is 22.9 Å². The maximum absolute atomic E-state index is 13.5. The molecular formula is C22H26F3N3O4S. The van der Waals surface area contributed by atoms with E-state index in [0.29, 0.717) is 37.3 Å². The van der Waals surface area contributed by atoms with Gasteiger partial charge in [-0.3, -0.25) is 14.8 Å². The summed E-state index contributed by atoms with van der Waals surface area (Å²) in [5, 5.41) is 16.1. The van der Waals surface area contributed by atoms with Gasteiger partial charge >= 0.3 is 12.1 Å². The van der Waals surface area contributed by atoms with Gasteiger partial charge in [-0.25, -0.2) is 8.42 Å². The number of nitrogens with zero attached hydrogens (tertiary/aromatic N) is 2. The molecule has 1 fully saturated rings. The number of carbonyl (C=O) groups is 1. The molecule has 2 aliphatic carbocycles. The Morgan fingerprint density at radius 3 is 2.64 bits per heavy atom. The number of hydrogen-bond acceptors (Lipinski definition) is 5. The number of halogens is 3. The molecule has 0 radical (unpaired) electrons. The highest BCUT2D eigenvalue weighted by Crippen LogP contribution is 2.52. The number of sulfone groups is 1. The largest absolute Gasteiger partial charge is 0.480 e. The molecule has 7 nitrogen and oxygen atoms in total. The fourth-order valence-electron chi connectivity index (χ4n) is 4.63. The molecule has 0 spiro atoms. The van der Waals surface area contributed by atoms with Gasteiger partial charge in [0.1, 0.15) is 12.4 Å². The third-order valence-electron chi connectivity index (χ3n) is 6.80. The van der Waals surface area contributed by atoms with Crippen molar-refractivity contribution < 1.29 is 31.5 Å². The second-order valence-electron chi connectivity index (χ2n) is 8.88. The Bertz CT molecular complexity index is 1170. The first-order chi connectivity index (χ1) is 15.4. The van der Waals surface area contributed by atoms with Crippen LogP contribution >= 0.6 is 0 Å². The molecule has 1 aromatic heterocycles. The lowest BCUT2D eigenvalue weighted by Crippen LogP contribution is -2.30. The van der Waals surface area contributed by atoms with E-state index in [4.69, 9.17) is 5.11 Å². The van der Waals surface area contributed by atoms with Gasteiger partial charge in [0.25, 0.3) is 0 Å². The summed E-state index contributed by atoms with van der Waals surface area (Å²) in [6.07, 6.45) is 0.982. The van der Waals surface area contributed by atoms with E-state index in [2.05, 4.69) is 10.4 Å². The number of carboxylic acid groups (broad SMARTS) is 1. The van der Waals surface area contributed by atoms with Crippen LogP contribution in [0.15, 0.2) is 29.3 Å². The highest BCUT2D eigenvalue weighted by molar-refractivity contribution is 7.91. The highest BCUT2D eigenvalue weighted by Gasteiger charge is 2.44. The molecule has 0 aliphatic heterocycles. The van der Waals surface area contributed by atoms with E-state index >= 15 is 0 Å². The van der Waals surface area contributed by atoms with Gasteiger partial charge in [0, 0.05) is 17.3 Å². The summed E-state index contributed by atoms with van der Waals surface area (Å²) in [6.45, 7) is 1.61. The van der Waals surface area contributed by atoms with Crippen LogP contribution in [-0.4, -0.2) is 35.2 Å². The van der Waals surface area contributed by atoms with Crippen molar-refractivity contribution in [3.05, 3.63) is 46.8 Å². The monoisotopic (exact) mass is 485 g/mol. The van der Waals surface area contributed by atoms with Crippen LogP contribution in [0.5, 0.6) is 0 Å². The Morgan fingerprint density at radius 1 is 1.30 bits per heavy atom. The molecule has 0 amide bonds. The second-order valence-corrected chi connectivity index (χ2v) is 10.9. The minimum absolute atomic E-state index is 0.285. The second kappa shape index (κ2) is 8.43. The van der Waals surface area contributed by atoms with Gasteiger partial charge in [-0.15, -0.1) is 0 Å². The number of fused-ring (bicyclic) bond motifs is 1. The molecule has 1 heterocycles. The summed E-state index contributed by atoms with van der Waals surface area (Å²) in [6, 6.07) is 2.80. The van der Waals surface area contributed by atoms with Gasteiger partial charge in [0.15, 0.2) is 9.84 Å². The highest BCUT2D eigenvalue weighted by atomic mass is 32.2. The van der Waals surface area contributed by atoms with Crippen molar-refractivity contribution >= 4 is 15.8 Å². The Hall–Kier alpha value is -2.40. The average molecular weight is 486 g/mol. The van der Waals surface area contributed by atoms with Crippen molar-refractivity contribution in [3.63, 3.8) is 0 Å². The van der Waals surface area contributed by atoms with Gasteiger partial charge in [-0.2, -0.15) is 18.3 Å². The summed E-state index contributed by atoms with van der Waals surface area (Å²) in [4.78, 5) is 10.7. The van der Waals surface area contributed by atoms with Crippen molar-refractivity contribution in [2.75, 3.05) is 5.88 Å². The smallest absolute Gasteiger partial charge is 0.416 e. The Morgan fingerprint density at radius 2 is 2.03 bits per heavy atom. The van der Waals surface area contributed by atoms with E-state index in [0.717, 1.165) is 30.2 Å². The van der Waals surface area contributed by atoms with Crippen molar-refractivity contribution in [1.82, 2.24) is 15.1 Å². The van der Waals surface area contributed by atoms with Crippen LogP contribution in [0.25, 0.3) is 0 Å². The molecule has 11 heteroatoms. The Labute approximate surface area is 189 Å². The van der Waals surface area contributed by atoms with Crippen LogP contribution in [0.3, 0.4) is 0 Å². The first kappa shape index (κ1) is 23.7. The number of aromatic nitrogens is 2. The number of nitrogens with one attached hydrogen (secondary N) is 1. The van der Waals surface area contributed by atoms with Crippen LogP contribution in [0.4, 0.5) is 13.2 Å². The van der Waals surface area contributed by atoms with Crippen LogP contribution in [0.2, 0.25) is 0 Å². The van der Waals surface area contributed by atoms with Crippen molar-refractivity contribution in [3.8, 4) is 0 Å². The van der Waals surface area contributed by atoms with Crippen molar-refractivity contribution in [2.24, 2.45) is 0 Å². The molecule has 180 valence electrons. The standard InChI is InChI=1S/C22H26F3N3O4S/c1-2-21(6-7-21)14-8-15(22(23,24)25)10-16(9-14)33(31,32)13-26-18-4-3-5-19-17(18)11-27-28(19)12-20(29)30/h8-11,18,26H,2-7,12-13H2,1H3,(H,29,30)/t18-/m1/s1. The first-order valence-corrected chi connectivity index (χ1v) is 12.6. The van der Waals surface area contributed by atoms with Crippen LogP contribution in [0, 0.1) is 0 Å². The van der Waals surface area contributed by atoms with Crippen LogP contribution in [0.1, 0.15) is 67.5 Å². The summed E-state index contributed by atoms with van der Waals surface area (Å²) in [5.74, 6) is -1.56. The number of aliphatic carboxylic acids is 1. The number of carboxylic acids is 1. The maximum atomic E-state index is 13.5. The molecular weight excluding hydrogens is 459 g/mol. The fraction of sp³-hybridized carbons (Fsp3) is 0.545. The predicted molar refractivity (Wildman–Crippen MR) is 113 cm³/mol. The summed E-state index contributed by atoms with van der Waals surface area (Å²) in [5.41, 5.74) is 0.557. The third-order valence-corrected chi connectivity index (χ3v) is 8.30. The maximum Gasteiger partial charge on any atom is 0.416 e. The predicted octanol–water partition coefficient (Wildman–Crippen LogP) is 3.83. The van der Waals surface area contributed by atoms with E-state index in [1.165, 1.54) is 16.9 Å². The molecule has 0 bridgehead atoms. The number of hydrogen-bond donors (Lipinski definition) is 2. The SMILES string of the molecule is CCC1(c2cc(C(F)(F)F)cc(S(=O)(=O)CN[C@@H]3CCCc4c3cnn4CC(=O)O)c2)CC1. The lowest BCUT2D eigenvalue weighted by atomic mass is 9.92. The van der Waals surface area contributed by atoms with Gasteiger partial charge in [-0.1, -0.05) is 6.92 Å². The number of rotatable bonds is 8. The normalized spacial score (nSPS) is 19.8. The minimum Gasteiger partial charge on any atom is -0.480 e. The van der Waals surface area contributed by atoms with Crippen LogP contribution < -0.4 is 5.32 Å². The zero-order valence-electron chi connectivity index (χ0n) is 18.2. The van der Waals surface area contributed by atoms with E-state index in [1.54, 1.807) is 0 Å². The first-order valence-electron chi connectivity index (χ1n) is 10.9. The molecule has 33 heavy (non-hydrogen) atoms. The summed E-state index contributed by atoms with van der Waals surface area (Å²) in [7, 11) is -4.05. The molecule has 2 aliphatic rings. The van der Waals surface area contributed by atoms with Gasteiger partial charge in [0.05, 0.1) is 16.7 Å². The number of benzene rings is 1. The van der Waals surface area contributed by atoms with Crippen molar-refractivity contribution in [2.45, 2.75) is 74.5 Å². The molecule has 1 atom stereocenters. The number of alkyl halides is 3. The summed E-state index contributed by atoms with van der Waals surface area (Å²) < 4.78 is 68.1. The summed E-state index contributed by atoms with van der Waals surface area (Å²) >= 11 is 0. The molecule has 0 unspecified atom stereocenters. The topological polar surface area (TPSA) is 101 Å². The van der Waals surface area contributed by atoms with E-state index < -0.39 is 33.4 Å². The zero-order chi connectivity index (χ0) is 24.0. The van der Waals surface area contributed by atoms with Gasteiger partial charge in [0.2, 0.25) is 0 Å². The Balaban J connectivity index is 1.59. The van der Waals surface area contributed by atoms with Gasteiger partial charge < -0.3 is 5.11 Å². The molecule has 4 rings (SSSR count). The lowest BCUT2D eigenvalue weighted by molar-refractivity contribution is -0.138. The van der Waals surface area contributed by atoms with E-state index in [9.17, 15) is 26.4 Å². The molecule has 1 saturated carbocycles. The van der Waals surface area contributed by atoms with Crippen molar-refractivity contribution in [1.29, 1.82) is 0 Å². The molecule has 2 aromatic rings. The Kier molecular flexibility index (Phi) is 6.06. The zero-order valence-corrected chi connectivity index (χ0v) is 19.0. The minimum atomic E-state index is -4.64.